The summed E-state index contributed by atoms with van der Waals surface area (Å²) in [5.74, 6) is -0.474. The maximum absolute atomic E-state index is 13.5. The number of aromatic nitrogens is 2. The topological polar surface area (TPSA) is 133 Å². The van der Waals surface area contributed by atoms with Gasteiger partial charge in [0.05, 0.1) is 29.0 Å². The molecule has 0 aliphatic heterocycles. The predicted molar refractivity (Wildman–Crippen MR) is 138 cm³/mol. The zero-order chi connectivity index (χ0) is 26.5. The van der Waals surface area contributed by atoms with Crippen LogP contribution in [0.5, 0.6) is 0 Å². The highest BCUT2D eigenvalue weighted by Crippen LogP contribution is 2.27. The number of nitrogens with zero attached hydrogens (tertiary/aromatic N) is 3. The van der Waals surface area contributed by atoms with Crippen molar-refractivity contribution in [1.82, 2.24) is 19.6 Å². The zero-order valence-corrected chi connectivity index (χ0v) is 22.4. The van der Waals surface area contributed by atoms with Gasteiger partial charge in [0, 0.05) is 18.8 Å². The number of hydrogen-bond acceptors (Lipinski definition) is 8. The number of nitrogens with one attached hydrogen (secondary N) is 1. The van der Waals surface area contributed by atoms with Gasteiger partial charge in [-0.1, -0.05) is 36.4 Å². The molecule has 0 spiro atoms. The molecule has 0 radical (unpaired) electrons. The SMILES string of the molecule is Cc1cccc(C(=O)N[C@@H](Cc2ccccc2)[C@H](O)CN(CC(C)O)S(=O)(=O)c2sc(C)nc2C)n1. The number of amides is 1. The van der Waals surface area contributed by atoms with E-state index in [1.54, 1.807) is 39.0 Å². The second-order valence-corrected chi connectivity index (χ2v) is 12.1. The number of carbonyl (C=O) groups is 1. The third kappa shape index (κ3) is 7.17. The average molecular weight is 533 g/mol. The highest BCUT2D eigenvalue weighted by atomic mass is 32.2. The van der Waals surface area contributed by atoms with E-state index in [1.165, 1.54) is 6.92 Å². The maximum atomic E-state index is 13.5. The number of carbonyl (C=O) groups excluding carboxylic acids is 1. The van der Waals surface area contributed by atoms with Gasteiger partial charge in [-0.05, 0) is 51.8 Å². The molecule has 3 rings (SSSR count). The predicted octanol–water partition coefficient (Wildman–Crippen LogP) is 2.24. The molecular formula is C25H32N4O5S2. The number of aryl methyl sites for hydroxylation is 3. The molecule has 2 heterocycles. The molecule has 194 valence electrons. The molecule has 36 heavy (non-hydrogen) atoms. The first kappa shape index (κ1) is 27.9. The quantitative estimate of drug-likeness (QED) is 0.345. The van der Waals surface area contributed by atoms with E-state index >= 15 is 0 Å². The van der Waals surface area contributed by atoms with Crippen LogP contribution in [0.15, 0.2) is 52.7 Å². The van der Waals surface area contributed by atoms with Gasteiger partial charge in [-0.25, -0.2) is 18.4 Å². The molecule has 3 atom stereocenters. The molecule has 2 aromatic heterocycles. The lowest BCUT2D eigenvalue weighted by Crippen LogP contribution is -2.51. The van der Waals surface area contributed by atoms with Crippen LogP contribution in [0.2, 0.25) is 0 Å². The van der Waals surface area contributed by atoms with Gasteiger partial charge < -0.3 is 15.5 Å². The maximum Gasteiger partial charge on any atom is 0.270 e. The van der Waals surface area contributed by atoms with E-state index in [0.717, 1.165) is 21.2 Å². The number of sulfonamides is 1. The summed E-state index contributed by atoms with van der Waals surface area (Å²) in [6, 6.07) is 13.5. The molecule has 0 saturated heterocycles. The van der Waals surface area contributed by atoms with Crippen LogP contribution in [0, 0.1) is 20.8 Å². The summed E-state index contributed by atoms with van der Waals surface area (Å²) < 4.78 is 28.1. The molecule has 0 fully saturated rings. The van der Waals surface area contributed by atoms with E-state index < -0.39 is 34.2 Å². The molecule has 1 amide bonds. The highest BCUT2D eigenvalue weighted by Gasteiger charge is 2.34. The lowest BCUT2D eigenvalue weighted by atomic mass is 10.0. The molecule has 11 heteroatoms. The number of benzene rings is 1. The summed E-state index contributed by atoms with van der Waals surface area (Å²) >= 11 is 1.04. The largest absolute Gasteiger partial charge is 0.392 e. The van der Waals surface area contributed by atoms with Crippen molar-refractivity contribution in [2.24, 2.45) is 0 Å². The number of aliphatic hydroxyl groups excluding tert-OH is 2. The van der Waals surface area contributed by atoms with Crippen molar-refractivity contribution in [2.45, 2.75) is 56.6 Å². The monoisotopic (exact) mass is 532 g/mol. The van der Waals surface area contributed by atoms with Crippen molar-refractivity contribution in [2.75, 3.05) is 13.1 Å². The summed E-state index contributed by atoms with van der Waals surface area (Å²) in [4.78, 5) is 21.4. The summed E-state index contributed by atoms with van der Waals surface area (Å²) in [7, 11) is -4.05. The molecule has 3 aromatic rings. The van der Waals surface area contributed by atoms with E-state index in [9.17, 15) is 23.4 Å². The van der Waals surface area contributed by atoms with Crippen molar-refractivity contribution in [3.63, 3.8) is 0 Å². The van der Waals surface area contributed by atoms with Crippen molar-refractivity contribution < 1.29 is 23.4 Å². The Kier molecular flexibility index (Phi) is 9.31. The second kappa shape index (κ2) is 12.0. The Bertz CT molecular complexity index is 1280. The minimum Gasteiger partial charge on any atom is -0.392 e. The van der Waals surface area contributed by atoms with E-state index in [-0.39, 0.29) is 29.4 Å². The summed E-state index contributed by atoms with van der Waals surface area (Å²) in [6.07, 6.45) is -1.98. The normalized spacial score (nSPS) is 14.4. The Balaban J connectivity index is 1.90. The van der Waals surface area contributed by atoms with Crippen LogP contribution in [0.4, 0.5) is 0 Å². The molecule has 1 aromatic carbocycles. The molecule has 9 nitrogen and oxygen atoms in total. The van der Waals surface area contributed by atoms with Crippen LogP contribution in [-0.4, -0.2) is 70.2 Å². The number of pyridine rings is 1. The van der Waals surface area contributed by atoms with E-state index in [0.29, 0.717) is 16.4 Å². The highest BCUT2D eigenvalue weighted by molar-refractivity contribution is 7.91. The molecular weight excluding hydrogens is 500 g/mol. The fourth-order valence-corrected chi connectivity index (χ4v) is 6.99. The molecule has 0 aliphatic rings. The van der Waals surface area contributed by atoms with Crippen LogP contribution in [0.1, 0.15) is 39.4 Å². The Labute approximate surface area is 215 Å². The van der Waals surface area contributed by atoms with Crippen LogP contribution in [-0.2, 0) is 16.4 Å². The van der Waals surface area contributed by atoms with E-state index in [1.807, 2.05) is 30.3 Å². The zero-order valence-electron chi connectivity index (χ0n) is 20.7. The minimum atomic E-state index is -4.05. The summed E-state index contributed by atoms with van der Waals surface area (Å²) in [6.45, 7) is 6.03. The van der Waals surface area contributed by atoms with Gasteiger partial charge >= 0.3 is 0 Å². The van der Waals surface area contributed by atoms with Crippen molar-refractivity contribution >= 4 is 27.3 Å². The molecule has 0 bridgehead atoms. The van der Waals surface area contributed by atoms with Crippen LogP contribution in [0.3, 0.4) is 0 Å². The van der Waals surface area contributed by atoms with E-state index in [4.69, 9.17) is 0 Å². The average Bonchev–Trinajstić information content (AvgIpc) is 3.17. The van der Waals surface area contributed by atoms with Gasteiger partial charge in [0.2, 0.25) is 0 Å². The first-order valence-corrected chi connectivity index (χ1v) is 13.8. The third-order valence-electron chi connectivity index (χ3n) is 5.49. The van der Waals surface area contributed by atoms with Gasteiger partial charge in [-0.15, -0.1) is 11.3 Å². The Hall–Kier alpha value is -2.70. The second-order valence-electron chi connectivity index (χ2n) is 8.78. The van der Waals surface area contributed by atoms with Crippen molar-refractivity contribution in [3.05, 3.63) is 76.2 Å². The lowest BCUT2D eigenvalue weighted by molar-refractivity contribution is 0.0728. The fourth-order valence-electron chi connectivity index (χ4n) is 3.83. The van der Waals surface area contributed by atoms with Crippen LogP contribution in [0.25, 0.3) is 0 Å². The Morgan fingerprint density at radius 3 is 2.31 bits per heavy atom. The smallest absolute Gasteiger partial charge is 0.270 e. The Morgan fingerprint density at radius 2 is 1.72 bits per heavy atom. The summed E-state index contributed by atoms with van der Waals surface area (Å²) in [5.41, 5.74) is 2.09. The van der Waals surface area contributed by atoms with Crippen molar-refractivity contribution in [3.8, 4) is 0 Å². The molecule has 3 N–H and O–H groups in total. The number of thiazole rings is 1. The van der Waals surface area contributed by atoms with E-state index in [2.05, 4.69) is 15.3 Å². The summed E-state index contributed by atoms with van der Waals surface area (Å²) in [5, 5.41) is 24.7. The molecule has 0 aliphatic carbocycles. The molecule has 0 saturated carbocycles. The van der Waals surface area contributed by atoms with Crippen LogP contribution < -0.4 is 5.32 Å². The fraction of sp³-hybridized carbons (Fsp3) is 0.400. The number of rotatable bonds is 11. The minimum absolute atomic E-state index is 0.0699. The van der Waals surface area contributed by atoms with Gasteiger partial charge in [0.1, 0.15) is 5.69 Å². The van der Waals surface area contributed by atoms with Gasteiger partial charge in [0.15, 0.2) is 4.21 Å². The standard InChI is InChI=1S/C25H32N4O5S2/c1-16-9-8-12-21(26-16)24(32)28-22(13-20-10-6-5-7-11-20)23(31)15-29(14-17(2)30)36(33,34)25-18(3)27-19(4)35-25/h5-12,17,22-23,30-31H,13-15H2,1-4H3,(H,28,32)/t17?,22-,23+/m0/s1. The lowest BCUT2D eigenvalue weighted by Gasteiger charge is -2.30. The van der Waals surface area contributed by atoms with Gasteiger partial charge in [-0.2, -0.15) is 4.31 Å². The van der Waals surface area contributed by atoms with Crippen LogP contribution >= 0.6 is 11.3 Å². The first-order chi connectivity index (χ1) is 17.0. The molecule has 1 unspecified atom stereocenters. The van der Waals surface area contributed by atoms with Gasteiger partial charge in [0.25, 0.3) is 15.9 Å². The van der Waals surface area contributed by atoms with Gasteiger partial charge in [-0.3, -0.25) is 4.79 Å². The first-order valence-electron chi connectivity index (χ1n) is 11.6. The number of hydrogen-bond donors (Lipinski definition) is 3. The van der Waals surface area contributed by atoms with Crippen molar-refractivity contribution in [1.29, 1.82) is 0 Å². The number of aliphatic hydroxyl groups is 2. The third-order valence-corrected chi connectivity index (χ3v) is 8.99. The Morgan fingerprint density at radius 1 is 1.03 bits per heavy atom.